The van der Waals surface area contributed by atoms with Gasteiger partial charge >= 0.3 is 0 Å². The molecule has 0 spiro atoms. The zero-order valence-electron chi connectivity index (χ0n) is 21.7. The molecule has 2 amide bonds. The van der Waals surface area contributed by atoms with Gasteiger partial charge in [0.2, 0.25) is 5.91 Å². The van der Waals surface area contributed by atoms with E-state index in [9.17, 15) is 18.8 Å². The van der Waals surface area contributed by atoms with Crippen molar-refractivity contribution in [1.82, 2.24) is 9.97 Å². The van der Waals surface area contributed by atoms with Gasteiger partial charge in [-0.15, -0.1) is 0 Å². The third-order valence-corrected chi connectivity index (χ3v) is 6.23. The van der Waals surface area contributed by atoms with Crippen LogP contribution in [-0.4, -0.2) is 28.3 Å². The van der Waals surface area contributed by atoms with Crippen LogP contribution in [0.2, 0.25) is 0 Å². The SMILES string of the molecule is CCNc1cc[nH]c(=O)c1C(=O)N(c1ccc(F)cc1)c1cc(F)c(Oc2ccnc(NC(=O)C3CC3)c2)cc1F. The first-order valence-electron chi connectivity index (χ1n) is 12.7. The van der Waals surface area contributed by atoms with Gasteiger partial charge in [-0.25, -0.2) is 18.2 Å². The lowest BCUT2D eigenvalue weighted by Crippen LogP contribution is -2.33. The van der Waals surface area contributed by atoms with Gasteiger partial charge in [0.1, 0.15) is 22.9 Å². The van der Waals surface area contributed by atoms with E-state index in [1.807, 2.05) is 0 Å². The van der Waals surface area contributed by atoms with Crippen LogP contribution in [-0.2, 0) is 4.79 Å². The number of hydrogen-bond acceptors (Lipinski definition) is 6. The van der Waals surface area contributed by atoms with Gasteiger partial charge in [-0.3, -0.25) is 19.3 Å². The Hall–Kier alpha value is -5.13. The van der Waals surface area contributed by atoms with Crippen molar-refractivity contribution in [2.24, 2.45) is 5.92 Å². The maximum atomic E-state index is 15.6. The largest absolute Gasteiger partial charge is 0.454 e. The number of halogens is 3. The number of anilines is 4. The van der Waals surface area contributed by atoms with E-state index in [4.69, 9.17) is 4.74 Å². The Labute approximate surface area is 232 Å². The topological polar surface area (TPSA) is 116 Å². The normalized spacial score (nSPS) is 12.5. The lowest BCUT2D eigenvalue weighted by Gasteiger charge is -2.25. The monoisotopic (exact) mass is 563 g/mol. The van der Waals surface area contributed by atoms with Crippen LogP contribution < -0.4 is 25.8 Å². The molecule has 0 saturated heterocycles. The molecule has 0 atom stereocenters. The van der Waals surface area contributed by atoms with Crippen LogP contribution in [0.25, 0.3) is 0 Å². The summed E-state index contributed by atoms with van der Waals surface area (Å²) in [6.45, 7) is 2.13. The van der Waals surface area contributed by atoms with Crippen LogP contribution in [0.1, 0.15) is 30.1 Å². The number of benzene rings is 2. The van der Waals surface area contributed by atoms with Crippen molar-refractivity contribution in [3.63, 3.8) is 0 Å². The molecule has 1 aliphatic rings. The molecule has 2 aromatic heterocycles. The molecule has 4 aromatic rings. The number of carbonyl (C=O) groups excluding carboxylic acids is 2. The second-order valence-electron chi connectivity index (χ2n) is 9.22. The highest BCUT2D eigenvalue weighted by Crippen LogP contribution is 2.36. The Morgan fingerprint density at radius 3 is 2.51 bits per heavy atom. The lowest BCUT2D eigenvalue weighted by molar-refractivity contribution is -0.117. The Morgan fingerprint density at radius 2 is 1.80 bits per heavy atom. The van der Waals surface area contributed by atoms with E-state index >= 15 is 8.78 Å². The number of carbonyl (C=O) groups is 2. The highest BCUT2D eigenvalue weighted by Gasteiger charge is 2.30. The van der Waals surface area contributed by atoms with E-state index in [0.29, 0.717) is 6.54 Å². The van der Waals surface area contributed by atoms with Crippen LogP contribution in [0.5, 0.6) is 11.5 Å². The molecule has 0 radical (unpaired) electrons. The molecule has 210 valence electrons. The van der Waals surface area contributed by atoms with E-state index in [-0.39, 0.29) is 40.3 Å². The maximum absolute atomic E-state index is 15.6. The highest BCUT2D eigenvalue weighted by atomic mass is 19.1. The van der Waals surface area contributed by atoms with Crippen molar-refractivity contribution in [3.05, 3.63) is 100 Å². The minimum Gasteiger partial charge on any atom is -0.454 e. The molecule has 9 nitrogen and oxygen atoms in total. The van der Waals surface area contributed by atoms with Gasteiger partial charge in [0.25, 0.3) is 11.5 Å². The molecule has 1 saturated carbocycles. The smallest absolute Gasteiger partial charge is 0.270 e. The maximum Gasteiger partial charge on any atom is 0.270 e. The summed E-state index contributed by atoms with van der Waals surface area (Å²) >= 11 is 0. The molecule has 3 N–H and O–H groups in total. The lowest BCUT2D eigenvalue weighted by atomic mass is 10.1. The number of pyridine rings is 2. The summed E-state index contributed by atoms with van der Waals surface area (Å²) in [6.07, 6.45) is 4.28. The number of amides is 2. The standard InChI is InChI=1S/C29H24F3N5O4/c1-2-33-22-10-12-35-28(39)26(22)29(40)37(18-7-5-17(30)6-8-18)23-14-21(32)24(15-20(23)31)41-19-9-11-34-25(13-19)36-27(38)16-3-4-16/h5-16H,2-4H2,1H3,(H2,33,35,39)(H,34,36,38). The van der Waals surface area contributed by atoms with Crippen LogP contribution in [0.15, 0.2) is 71.8 Å². The third-order valence-electron chi connectivity index (χ3n) is 6.23. The number of aromatic nitrogens is 2. The Kier molecular flexibility index (Phi) is 7.72. The Morgan fingerprint density at radius 1 is 1.05 bits per heavy atom. The summed E-state index contributed by atoms with van der Waals surface area (Å²) < 4.78 is 50.2. The Balaban J connectivity index is 1.51. The predicted molar refractivity (Wildman–Crippen MR) is 146 cm³/mol. The molecule has 12 heteroatoms. The molecule has 0 bridgehead atoms. The molecule has 0 aliphatic heterocycles. The van der Waals surface area contributed by atoms with Crippen molar-refractivity contribution in [3.8, 4) is 11.5 Å². The summed E-state index contributed by atoms with van der Waals surface area (Å²) in [5.74, 6) is -4.18. The predicted octanol–water partition coefficient (Wildman–Crippen LogP) is 5.74. The zero-order chi connectivity index (χ0) is 29.1. The van der Waals surface area contributed by atoms with Gasteiger partial charge in [0.15, 0.2) is 17.4 Å². The molecule has 2 heterocycles. The average Bonchev–Trinajstić information content (AvgIpc) is 3.79. The first-order chi connectivity index (χ1) is 19.7. The van der Waals surface area contributed by atoms with Crippen molar-refractivity contribution in [1.29, 1.82) is 0 Å². The van der Waals surface area contributed by atoms with Crippen molar-refractivity contribution < 1.29 is 27.5 Å². The number of rotatable bonds is 9. The minimum absolute atomic E-state index is 0.0146. The van der Waals surface area contributed by atoms with E-state index in [2.05, 4.69) is 20.6 Å². The fourth-order valence-corrected chi connectivity index (χ4v) is 4.11. The van der Waals surface area contributed by atoms with Gasteiger partial charge in [0, 0.05) is 48.7 Å². The fourth-order valence-electron chi connectivity index (χ4n) is 4.11. The highest BCUT2D eigenvalue weighted by molar-refractivity contribution is 6.13. The molecular weight excluding hydrogens is 539 g/mol. The van der Waals surface area contributed by atoms with E-state index in [1.54, 1.807) is 6.92 Å². The summed E-state index contributed by atoms with van der Waals surface area (Å²) in [6, 6.07) is 10.2. The van der Waals surface area contributed by atoms with Gasteiger partial charge in [-0.2, -0.15) is 0 Å². The number of ether oxygens (including phenoxy) is 1. The second-order valence-corrected chi connectivity index (χ2v) is 9.22. The van der Waals surface area contributed by atoms with Crippen molar-refractivity contribution in [2.45, 2.75) is 19.8 Å². The van der Waals surface area contributed by atoms with E-state index < -0.39 is 40.4 Å². The third kappa shape index (κ3) is 6.06. The molecule has 2 aromatic carbocycles. The van der Waals surface area contributed by atoms with Crippen LogP contribution in [0, 0.1) is 23.4 Å². The summed E-state index contributed by atoms with van der Waals surface area (Å²) in [4.78, 5) is 45.7. The number of nitrogens with zero attached hydrogens (tertiary/aromatic N) is 2. The number of hydrogen-bond donors (Lipinski definition) is 3. The molecule has 1 fully saturated rings. The van der Waals surface area contributed by atoms with Gasteiger partial charge < -0.3 is 20.4 Å². The van der Waals surface area contributed by atoms with Crippen molar-refractivity contribution >= 4 is 34.7 Å². The quantitative estimate of drug-likeness (QED) is 0.239. The van der Waals surface area contributed by atoms with Crippen LogP contribution in [0.4, 0.5) is 36.1 Å². The summed E-state index contributed by atoms with van der Waals surface area (Å²) in [5, 5.41) is 5.55. The molecule has 5 rings (SSSR count). The number of H-pyrrole nitrogens is 1. The summed E-state index contributed by atoms with van der Waals surface area (Å²) in [5.41, 5.74) is -1.49. The number of nitrogens with one attached hydrogen (secondary N) is 3. The van der Waals surface area contributed by atoms with E-state index in [0.717, 1.165) is 42.0 Å². The average molecular weight is 564 g/mol. The van der Waals surface area contributed by atoms with Crippen molar-refractivity contribution in [2.75, 3.05) is 22.1 Å². The molecule has 41 heavy (non-hydrogen) atoms. The Bertz CT molecular complexity index is 1670. The van der Waals surface area contributed by atoms with Gasteiger partial charge in [-0.1, -0.05) is 0 Å². The number of aromatic amines is 1. The molecule has 0 unspecified atom stereocenters. The second kappa shape index (κ2) is 11.5. The summed E-state index contributed by atoms with van der Waals surface area (Å²) in [7, 11) is 0. The first kappa shape index (κ1) is 27.4. The fraction of sp³-hybridized carbons (Fsp3) is 0.172. The van der Waals surface area contributed by atoms with Crippen LogP contribution in [0.3, 0.4) is 0 Å². The van der Waals surface area contributed by atoms with E-state index in [1.165, 1.54) is 42.7 Å². The van der Waals surface area contributed by atoms with Crippen LogP contribution >= 0.6 is 0 Å². The van der Waals surface area contributed by atoms with Gasteiger partial charge in [-0.05, 0) is 56.2 Å². The zero-order valence-corrected chi connectivity index (χ0v) is 21.7. The minimum atomic E-state index is -1.06. The first-order valence-corrected chi connectivity index (χ1v) is 12.7. The molecule has 1 aliphatic carbocycles. The van der Waals surface area contributed by atoms with Gasteiger partial charge in [0.05, 0.1) is 11.4 Å². The molecular formula is C29H24F3N5O4.